The molecule has 1 amide bonds. The van der Waals surface area contributed by atoms with Crippen molar-refractivity contribution in [2.45, 2.75) is 38.8 Å². The molecule has 0 unspecified atom stereocenters. The van der Waals surface area contributed by atoms with Crippen LogP contribution in [0.5, 0.6) is 0 Å². The quantitative estimate of drug-likeness (QED) is 0.672. The molecule has 0 saturated carbocycles. The maximum Gasteiger partial charge on any atom is 0.219 e. The molecule has 14 heavy (non-hydrogen) atoms. The van der Waals surface area contributed by atoms with Crippen molar-refractivity contribution in [2.75, 3.05) is 19.7 Å². The standard InChI is InChI=1S/C10H20N2O2/c1-8(7-13)11-10-3-5-12(6-4-10)9(2)14/h8,10-11,13H,3-7H2,1-2H3/t8-/m1/s1. The lowest BCUT2D eigenvalue weighted by atomic mass is 10.0. The number of nitrogens with one attached hydrogen (secondary N) is 1. The van der Waals surface area contributed by atoms with Gasteiger partial charge >= 0.3 is 0 Å². The van der Waals surface area contributed by atoms with Gasteiger partial charge < -0.3 is 15.3 Å². The SMILES string of the molecule is CC(=O)N1CCC(N[C@H](C)CO)CC1. The van der Waals surface area contributed by atoms with Crippen molar-refractivity contribution in [3.63, 3.8) is 0 Å². The maximum absolute atomic E-state index is 11.0. The minimum Gasteiger partial charge on any atom is -0.395 e. The van der Waals surface area contributed by atoms with Crippen LogP contribution in [0.25, 0.3) is 0 Å². The summed E-state index contributed by atoms with van der Waals surface area (Å²) >= 11 is 0. The van der Waals surface area contributed by atoms with Gasteiger partial charge in [0.2, 0.25) is 5.91 Å². The Balaban J connectivity index is 2.25. The monoisotopic (exact) mass is 200 g/mol. The van der Waals surface area contributed by atoms with Gasteiger partial charge in [0.05, 0.1) is 6.61 Å². The van der Waals surface area contributed by atoms with Crippen LogP contribution in [0.2, 0.25) is 0 Å². The van der Waals surface area contributed by atoms with Crippen molar-refractivity contribution < 1.29 is 9.90 Å². The predicted molar refractivity (Wildman–Crippen MR) is 55.0 cm³/mol. The molecule has 4 nitrogen and oxygen atoms in total. The molecule has 0 radical (unpaired) electrons. The summed E-state index contributed by atoms with van der Waals surface area (Å²) in [5, 5.41) is 12.2. The molecule has 82 valence electrons. The third kappa shape index (κ3) is 3.27. The molecule has 1 aliphatic heterocycles. The van der Waals surface area contributed by atoms with Crippen molar-refractivity contribution in [3.8, 4) is 0 Å². The minimum atomic E-state index is 0.156. The van der Waals surface area contributed by atoms with E-state index < -0.39 is 0 Å². The fourth-order valence-electron chi connectivity index (χ4n) is 1.82. The Kier molecular flexibility index (Phi) is 4.35. The summed E-state index contributed by atoms with van der Waals surface area (Å²) in [7, 11) is 0. The number of amides is 1. The summed E-state index contributed by atoms with van der Waals surface area (Å²) in [4.78, 5) is 12.9. The largest absolute Gasteiger partial charge is 0.395 e. The summed E-state index contributed by atoms with van der Waals surface area (Å²) in [6, 6.07) is 0.608. The molecule has 1 rings (SSSR count). The van der Waals surface area contributed by atoms with Crippen LogP contribution in [0, 0.1) is 0 Å². The van der Waals surface area contributed by atoms with E-state index in [1.807, 2.05) is 11.8 Å². The van der Waals surface area contributed by atoms with E-state index in [4.69, 9.17) is 5.11 Å². The number of rotatable bonds is 3. The van der Waals surface area contributed by atoms with E-state index in [1.54, 1.807) is 6.92 Å². The third-order valence-corrected chi connectivity index (χ3v) is 2.73. The first kappa shape index (κ1) is 11.5. The van der Waals surface area contributed by atoms with E-state index in [0.29, 0.717) is 6.04 Å². The lowest BCUT2D eigenvalue weighted by Crippen LogP contribution is -2.47. The Morgan fingerprint density at radius 1 is 1.57 bits per heavy atom. The summed E-state index contributed by atoms with van der Waals surface area (Å²) < 4.78 is 0. The third-order valence-electron chi connectivity index (χ3n) is 2.73. The highest BCUT2D eigenvalue weighted by Crippen LogP contribution is 2.10. The average molecular weight is 200 g/mol. The van der Waals surface area contributed by atoms with Crippen LogP contribution in [0.15, 0.2) is 0 Å². The molecule has 1 atom stereocenters. The molecule has 2 N–H and O–H groups in total. The van der Waals surface area contributed by atoms with Crippen molar-refractivity contribution in [1.29, 1.82) is 0 Å². The number of carbonyl (C=O) groups is 1. The minimum absolute atomic E-state index is 0.156. The zero-order valence-electron chi connectivity index (χ0n) is 8.99. The molecule has 1 heterocycles. The number of carbonyl (C=O) groups excluding carboxylic acids is 1. The van der Waals surface area contributed by atoms with Crippen LogP contribution in [0.4, 0.5) is 0 Å². The van der Waals surface area contributed by atoms with Crippen molar-refractivity contribution in [2.24, 2.45) is 0 Å². The molecular weight excluding hydrogens is 180 g/mol. The Morgan fingerprint density at radius 3 is 2.57 bits per heavy atom. The summed E-state index contributed by atoms with van der Waals surface area (Å²) in [6.07, 6.45) is 1.98. The maximum atomic E-state index is 11.0. The van der Waals surface area contributed by atoms with Crippen LogP contribution in [-0.2, 0) is 4.79 Å². The summed E-state index contributed by atoms with van der Waals surface area (Å²) in [5.74, 6) is 0.165. The van der Waals surface area contributed by atoms with Crippen molar-refractivity contribution in [1.82, 2.24) is 10.2 Å². The van der Waals surface area contributed by atoms with Gasteiger partial charge in [0.15, 0.2) is 0 Å². The Labute approximate surface area is 85.3 Å². The van der Waals surface area contributed by atoms with Gasteiger partial charge in [-0.1, -0.05) is 0 Å². The van der Waals surface area contributed by atoms with Gasteiger partial charge in [0.25, 0.3) is 0 Å². The van der Waals surface area contributed by atoms with E-state index in [2.05, 4.69) is 5.32 Å². The number of hydrogen-bond donors (Lipinski definition) is 2. The zero-order valence-corrected chi connectivity index (χ0v) is 8.99. The Morgan fingerprint density at radius 2 is 2.14 bits per heavy atom. The second kappa shape index (κ2) is 5.32. The molecule has 0 spiro atoms. The summed E-state index contributed by atoms with van der Waals surface area (Å²) in [6.45, 7) is 5.44. The first-order valence-electron chi connectivity index (χ1n) is 5.26. The van der Waals surface area contributed by atoms with E-state index in [1.165, 1.54) is 0 Å². The van der Waals surface area contributed by atoms with Gasteiger partial charge in [-0.3, -0.25) is 4.79 Å². The number of nitrogens with zero attached hydrogens (tertiary/aromatic N) is 1. The van der Waals surface area contributed by atoms with E-state index in [-0.39, 0.29) is 18.6 Å². The highest BCUT2D eigenvalue weighted by molar-refractivity contribution is 5.73. The predicted octanol–water partition coefficient (Wildman–Crippen LogP) is -0.0323. The molecule has 0 aromatic rings. The van der Waals surface area contributed by atoms with Crippen molar-refractivity contribution >= 4 is 5.91 Å². The number of aliphatic hydroxyl groups excluding tert-OH is 1. The lowest BCUT2D eigenvalue weighted by Gasteiger charge is -2.33. The van der Waals surface area contributed by atoms with Gasteiger partial charge in [0.1, 0.15) is 0 Å². The molecule has 0 aromatic heterocycles. The van der Waals surface area contributed by atoms with Gasteiger partial charge in [-0.25, -0.2) is 0 Å². The zero-order chi connectivity index (χ0) is 10.6. The second-order valence-corrected chi connectivity index (χ2v) is 4.03. The molecule has 0 aliphatic carbocycles. The van der Waals surface area contributed by atoms with Crippen LogP contribution in [0.3, 0.4) is 0 Å². The average Bonchev–Trinajstić information content (AvgIpc) is 2.18. The second-order valence-electron chi connectivity index (χ2n) is 4.03. The Hall–Kier alpha value is -0.610. The Bertz CT molecular complexity index is 189. The van der Waals surface area contributed by atoms with E-state index in [0.717, 1.165) is 25.9 Å². The normalized spacial score (nSPS) is 20.9. The van der Waals surface area contributed by atoms with Crippen LogP contribution in [0.1, 0.15) is 26.7 Å². The van der Waals surface area contributed by atoms with Gasteiger partial charge in [-0.15, -0.1) is 0 Å². The number of aliphatic hydroxyl groups is 1. The van der Waals surface area contributed by atoms with Gasteiger partial charge in [-0.05, 0) is 19.8 Å². The number of piperidine rings is 1. The number of likely N-dealkylation sites (tertiary alicyclic amines) is 1. The number of hydrogen-bond acceptors (Lipinski definition) is 3. The van der Waals surface area contributed by atoms with E-state index >= 15 is 0 Å². The molecule has 1 aliphatic rings. The van der Waals surface area contributed by atoms with Crippen molar-refractivity contribution in [3.05, 3.63) is 0 Å². The first-order chi connectivity index (χ1) is 6.63. The smallest absolute Gasteiger partial charge is 0.219 e. The molecule has 0 aromatic carbocycles. The van der Waals surface area contributed by atoms with Crippen LogP contribution in [-0.4, -0.2) is 47.7 Å². The van der Waals surface area contributed by atoms with Gasteiger partial charge in [0, 0.05) is 32.1 Å². The van der Waals surface area contributed by atoms with Crippen LogP contribution < -0.4 is 5.32 Å². The van der Waals surface area contributed by atoms with Crippen LogP contribution >= 0.6 is 0 Å². The summed E-state index contributed by atoms with van der Waals surface area (Å²) in [5.41, 5.74) is 0. The van der Waals surface area contributed by atoms with Gasteiger partial charge in [-0.2, -0.15) is 0 Å². The topological polar surface area (TPSA) is 52.6 Å². The molecule has 1 fully saturated rings. The highest BCUT2D eigenvalue weighted by atomic mass is 16.3. The molecule has 1 saturated heterocycles. The molecule has 4 heteroatoms. The first-order valence-corrected chi connectivity index (χ1v) is 5.26. The lowest BCUT2D eigenvalue weighted by molar-refractivity contribution is -0.129. The fourth-order valence-corrected chi connectivity index (χ4v) is 1.82. The molecular formula is C10H20N2O2. The highest BCUT2D eigenvalue weighted by Gasteiger charge is 2.21. The molecule has 0 bridgehead atoms. The fraction of sp³-hybridized carbons (Fsp3) is 0.900. The van der Waals surface area contributed by atoms with E-state index in [9.17, 15) is 4.79 Å².